The van der Waals surface area contributed by atoms with E-state index in [0.29, 0.717) is 0 Å². The first-order valence-corrected chi connectivity index (χ1v) is 5.05. The van der Waals surface area contributed by atoms with Crippen LogP contribution in [0.15, 0.2) is 40.3 Å². The third-order valence-electron chi connectivity index (χ3n) is 1.91. The summed E-state index contributed by atoms with van der Waals surface area (Å²) in [4.78, 5) is 1.30. The van der Waals surface area contributed by atoms with Gasteiger partial charge in [-0.1, -0.05) is 6.07 Å². The normalized spacial score (nSPS) is 13.0. The van der Waals surface area contributed by atoms with Crippen LogP contribution >= 0.6 is 11.3 Å². The van der Waals surface area contributed by atoms with Crippen LogP contribution in [0.4, 0.5) is 0 Å². The molecule has 0 fully saturated rings. The second-order valence-electron chi connectivity index (χ2n) is 2.91. The van der Waals surface area contributed by atoms with E-state index in [4.69, 9.17) is 10.2 Å². The van der Waals surface area contributed by atoms with E-state index in [9.17, 15) is 0 Å². The van der Waals surface area contributed by atoms with Crippen molar-refractivity contribution in [2.24, 2.45) is 5.73 Å². The van der Waals surface area contributed by atoms with E-state index < -0.39 is 0 Å². The van der Waals surface area contributed by atoms with Gasteiger partial charge >= 0.3 is 0 Å². The van der Waals surface area contributed by atoms with Gasteiger partial charge in [0.2, 0.25) is 0 Å². The minimum atomic E-state index is -0.0198. The fourth-order valence-corrected chi connectivity index (χ4v) is 2.01. The molecular weight excluding hydrogens is 182 g/mol. The molecule has 0 aromatic carbocycles. The van der Waals surface area contributed by atoms with Crippen molar-refractivity contribution >= 4 is 11.3 Å². The summed E-state index contributed by atoms with van der Waals surface area (Å²) in [7, 11) is 0. The third kappa shape index (κ3) is 1.99. The third-order valence-corrected chi connectivity index (χ3v) is 2.81. The highest BCUT2D eigenvalue weighted by Gasteiger charge is 2.09. The van der Waals surface area contributed by atoms with Gasteiger partial charge in [0.1, 0.15) is 5.76 Å². The lowest BCUT2D eigenvalue weighted by Crippen LogP contribution is -2.11. The number of thiophene rings is 1. The molecule has 0 saturated carbocycles. The molecule has 0 amide bonds. The van der Waals surface area contributed by atoms with Crippen molar-refractivity contribution in [2.45, 2.75) is 12.5 Å². The molecule has 1 atom stereocenters. The van der Waals surface area contributed by atoms with Crippen LogP contribution in [0.2, 0.25) is 0 Å². The maximum Gasteiger partial charge on any atom is 0.120 e. The van der Waals surface area contributed by atoms with E-state index in [1.165, 1.54) is 4.88 Å². The lowest BCUT2D eigenvalue weighted by molar-refractivity contribution is 0.466. The molecule has 0 saturated heterocycles. The van der Waals surface area contributed by atoms with E-state index >= 15 is 0 Å². The largest absolute Gasteiger partial charge is 0.468 e. The van der Waals surface area contributed by atoms with E-state index in [2.05, 4.69) is 11.4 Å². The molecule has 2 N–H and O–H groups in total. The number of hydrogen-bond donors (Lipinski definition) is 1. The highest BCUT2D eigenvalue weighted by Crippen LogP contribution is 2.19. The lowest BCUT2D eigenvalue weighted by Gasteiger charge is -2.05. The minimum Gasteiger partial charge on any atom is -0.468 e. The van der Waals surface area contributed by atoms with Gasteiger partial charge < -0.3 is 10.2 Å². The highest BCUT2D eigenvalue weighted by atomic mass is 32.1. The van der Waals surface area contributed by atoms with Gasteiger partial charge in [-0.2, -0.15) is 0 Å². The molecule has 2 nitrogen and oxygen atoms in total. The molecule has 2 heterocycles. The summed E-state index contributed by atoms with van der Waals surface area (Å²) in [6.07, 6.45) is 2.51. The maximum absolute atomic E-state index is 5.94. The smallest absolute Gasteiger partial charge is 0.120 e. The van der Waals surface area contributed by atoms with Crippen LogP contribution in [0.3, 0.4) is 0 Å². The molecular formula is C10H11NOS. The van der Waals surface area contributed by atoms with Crippen molar-refractivity contribution in [1.82, 2.24) is 0 Å². The first-order chi connectivity index (χ1) is 6.36. The second-order valence-corrected chi connectivity index (χ2v) is 3.94. The Balaban J connectivity index is 2.04. The molecule has 0 bridgehead atoms. The van der Waals surface area contributed by atoms with Gasteiger partial charge in [0, 0.05) is 11.3 Å². The van der Waals surface area contributed by atoms with Crippen LogP contribution in [0.5, 0.6) is 0 Å². The molecule has 2 rings (SSSR count). The summed E-state index contributed by atoms with van der Waals surface area (Å²) < 4.78 is 5.22. The van der Waals surface area contributed by atoms with Crippen molar-refractivity contribution in [3.63, 3.8) is 0 Å². The minimum absolute atomic E-state index is 0.0198. The van der Waals surface area contributed by atoms with Gasteiger partial charge in [-0.25, -0.2) is 0 Å². The zero-order valence-electron chi connectivity index (χ0n) is 7.14. The van der Waals surface area contributed by atoms with Crippen LogP contribution in [0.1, 0.15) is 16.7 Å². The Bertz CT molecular complexity index is 339. The number of furan rings is 1. The number of rotatable bonds is 3. The SMILES string of the molecule is NC(Cc1cccs1)c1ccco1. The second kappa shape index (κ2) is 3.77. The number of nitrogens with two attached hydrogens (primary N) is 1. The zero-order valence-corrected chi connectivity index (χ0v) is 7.96. The molecule has 13 heavy (non-hydrogen) atoms. The quantitative estimate of drug-likeness (QED) is 0.813. The van der Waals surface area contributed by atoms with Crippen LogP contribution in [-0.4, -0.2) is 0 Å². The van der Waals surface area contributed by atoms with Crippen molar-refractivity contribution < 1.29 is 4.42 Å². The fourth-order valence-electron chi connectivity index (χ4n) is 1.25. The van der Waals surface area contributed by atoms with Crippen molar-refractivity contribution in [3.8, 4) is 0 Å². The standard InChI is InChI=1S/C10H11NOS/c11-9(10-4-1-5-12-10)7-8-3-2-6-13-8/h1-6,9H,7,11H2. The molecule has 68 valence electrons. The fraction of sp³-hybridized carbons (Fsp3) is 0.200. The first-order valence-electron chi connectivity index (χ1n) is 4.17. The summed E-state index contributed by atoms with van der Waals surface area (Å²) in [6.45, 7) is 0. The lowest BCUT2D eigenvalue weighted by atomic mass is 10.1. The van der Waals surface area contributed by atoms with Gasteiger partial charge in [0.05, 0.1) is 12.3 Å². The molecule has 1 unspecified atom stereocenters. The Morgan fingerprint density at radius 2 is 2.31 bits per heavy atom. The highest BCUT2D eigenvalue weighted by molar-refractivity contribution is 7.09. The molecule has 0 aliphatic carbocycles. The van der Waals surface area contributed by atoms with Gasteiger partial charge in [0.15, 0.2) is 0 Å². The van der Waals surface area contributed by atoms with Crippen LogP contribution in [0.25, 0.3) is 0 Å². The van der Waals surface area contributed by atoms with Gasteiger partial charge in [-0.05, 0) is 23.6 Å². The Morgan fingerprint density at radius 1 is 1.38 bits per heavy atom. The molecule has 0 aliphatic rings. The average Bonchev–Trinajstić information content (AvgIpc) is 2.74. The maximum atomic E-state index is 5.94. The Kier molecular flexibility index (Phi) is 2.47. The van der Waals surface area contributed by atoms with Crippen molar-refractivity contribution in [3.05, 3.63) is 46.5 Å². The monoisotopic (exact) mass is 193 g/mol. The predicted octanol–water partition coefficient (Wildman–Crippen LogP) is 2.58. The first kappa shape index (κ1) is 8.53. The van der Waals surface area contributed by atoms with Crippen LogP contribution in [0, 0.1) is 0 Å². The van der Waals surface area contributed by atoms with E-state index in [1.54, 1.807) is 17.6 Å². The molecule has 3 heteroatoms. The predicted molar refractivity (Wildman–Crippen MR) is 53.7 cm³/mol. The Labute approximate surface area is 81.0 Å². The van der Waals surface area contributed by atoms with E-state index in [-0.39, 0.29) is 6.04 Å². The zero-order chi connectivity index (χ0) is 9.10. The van der Waals surface area contributed by atoms with Crippen LogP contribution < -0.4 is 5.73 Å². The molecule has 2 aromatic rings. The summed E-state index contributed by atoms with van der Waals surface area (Å²) in [5.74, 6) is 0.855. The van der Waals surface area contributed by atoms with E-state index in [1.807, 2.05) is 18.2 Å². The average molecular weight is 193 g/mol. The van der Waals surface area contributed by atoms with Gasteiger partial charge in [-0.3, -0.25) is 0 Å². The molecule has 0 radical (unpaired) electrons. The van der Waals surface area contributed by atoms with Gasteiger partial charge in [0.25, 0.3) is 0 Å². The Hall–Kier alpha value is -1.06. The summed E-state index contributed by atoms with van der Waals surface area (Å²) in [5, 5.41) is 2.06. The van der Waals surface area contributed by atoms with Crippen molar-refractivity contribution in [2.75, 3.05) is 0 Å². The van der Waals surface area contributed by atoms with E-state index in [0.717, 1.165) is 12.2 Å². The van der Waals surface area contributed by atoms with Gasteiger partial charge in [-0.15, -0.1) is 11.3 Å². The topological polar surface area (TPSA) is 39.2 Å². The summed E-state index contributed by atoms with van der Waals surface area (Å²) in [5.41, 5.74) is 5.94. The molecule has 2 aromatic heterocycles. The molecule has 0 spiro atoms. The van der Waals surface area contributed by atoms with Crippen LogP contribution in [-0.2, 0) is 6.42 Å². The van der Waals surface area contributed by atoms with Crippen molar-refractivity contribution in [1.29, 1.82) is 0 Å². The summed E-state index contributed by atoms with van der Waals surface area (Å²) in [6, 6.07) is 7.89. The number of hydrogen-bond acceptors (Lipinski definition) is 3. The summed E-state index contributed by atoms with van der Waals surface area (Å²) >= 11 is 1.73. The Morgan fingerprint density at radius 3 is 2.92 bits per heavy atom. The molecule has 0 aliphatic heterocycles.